The van der Waals surface area contributed by atoms with Crippen molar-refractivity contribution in [2.45, 2.75) is 38.9 Å². The molecule has 0 bridgehead atoms. The lowest BCUT2D eigenvalue weighted by molar-refractivity contribution is 0.443. The minimum atomic E-state index is -0.402. The second kappa shape index (κ2) is 9.08. The lowest BCUT2D eigenvalue weighted by Crippen LogP contribution is -2.45. The summed E-state index contributed by atoms with van der Waals surface area (Å²) in [6.45, 7) is 3.85. The summed E-state index contributed by atoms with van der Waals surface area (Å²) in [5.41, 5.74) is 0.878. The number of thiazole rings is 1. The van der Waals surface area contributed by atoms with Gasteiger partial charge in [0, 0.05) is 26.2 Å². The van der Waals surface area contributed by atoms with Crippen molar-refractivity contribution in [2.75, 3.05) is 25.0 Å². The number of nitrogens with zero attached hydrogens (tertiary/aromatic N) is 6. The Bertz CT molecular complexity index is 1520. The van der Waals surface area contributed by atoms with Crippen LogP contribution in [0, 0.1) is 11.8 Å². The number of likely N-dealkylation sites (N-methyl/N-ethyl adjacent to an activating group) is 1. The van der Waals surface area contributed by atoms with Crippen molar-refractivity contribution >= 4 is 38.7 Å². The van der Waals surface area contributed by atoms with E-state index in [4.69, 9.17) is 4.98 Å². The van der Waals surface area contributed by atoms with Crippen LogP contribution in [0.15, 0.2) is 33.9 Å². The van der Waals surface area contributed by atoms with E-state index >= 15 is 0 Å². The first kappa shape index (κ1) is 22.4. The molecule has 10 heteroatoms. The predicted octanol–water partition coefficient (Wildman–Crippen LogP) is 1.77. The number of hydrogen-bond acceptors (Lipinski definition) is 7. The van der Waals surface area contributed by atoms with Crippen LogP contribution in [0.4, 0.5) is 5.95 Å². The molecule has 1 atom stereocenters. The maximum atomic E-state index is 13.7. The number of anilines is 1. The van der Waals surface area contributed by atoms with Crippen LogP contribution in [0.3, 0.4) is 0 Å². The number of fused-ring (bicyclic) bond motifs is 2. The van der Waals surface area contributed by atoms with E-state index in [9.17, 15) is 9.59 Å². The van der Waals surface area contributed by atoms with E-state index in [1.54, 1.807) is 14.0 Å². The highest BCUT2D eigenvalue weighted by atomic mass is 32.1. The fourth-order valence-corrected chi connectivity index (χ4v) is 5.52. The summed E-state index contributed by atoms with van der Waals surface area (Å²) in [6, 6.07) is 8.15. The number of imidazole rings is 1. The van der Waals surface area contributed by atoms with Gasteiger partial charge < -0.3 is 10.2 Å². The monoisotopic (exact) mass is 477 g/mol. The zero-order valence-electron chi connectivity index (χ0n) is 19.5. The molecule has 3 aromatic heterocycles. The van der Waals surface area contributed by atoms with Gasteiger partial charge in [-0.05, 0) is 38.9 Å². The number of hydrogen-bond donors (Lipinski definition) is 1. The summed E-state index contributed by atoms with van der Waals surface area (Å²) in [5.74, 6) is 6.68. The summed E-state index contributed by atoms with van der Waals surface area (Å²) in [7, 11) is 3.63. The van der Waals surface area contributed by atoms with Gasteiger partial charge in [0.25, 0.3) is 5.56 Å². The second-order valence-corrected chi connectivity index (χ2v) is 9.59. The molecule has 1 saturated heterocycles. The molecule has 0 saturated carbocycles. The van der Waals surface area contributed by atoms with E-state index < -0.39 is 5.69 Å². The van der Waals surface area contributed by atoms with Gasteiger partial charge in [-0.25, -0.2) is 9.78 Å². The van der Waals surface area contributed by atoms with Crippen molar-refractivity contribution in [3.63, 3.8) is 0 Å². The SMILES string of the molecule is CC#CCn1c(N2CCCC(NC)C2)nc2c1c(=O)n(Cc1nc3ccccc3s1)c(=O)n2C. The number of para-hydroxylation sites is 1. The Hall–Kier alpha value is -3.42. The molecule has 4 heterocycles. The molecule has 1 fully saturated rings. The van der Waals surface area contributed by atoms with Gasteiger partial charge in [-0.2, -0.15) is 4.98 Å². The number of rotatable bonds is 5. The van der Waals surface area contributed by atoms with Gasteiger partial charge in [-0.15, -0.1) is 17.3 Å². The molecule has 34 heavy (non-hydrogen) atoms. The minimum Gasteiger partial charge on any atom is -0.341 e. The topological polar surface area (TPSA) is 90.0 Å². The Morgan fingerprint density at radius 2 is 2.03 bits per heavy atom. The van der Waals surface area contributed by atoms with Crippen LogP contribution in [0.5, 0.6) is 0 Å². The summed E-state index contributed by atoms with van der Waals surface area (Å²) < 4.78 is 5.61. The van der Waals surface area contributed by atoms with Gasteiger partial charge in [0.15, 0.2) is 11.2 Å². The normalized spacial score (nSPS) is 16.2. The van der Waals surface area contributed by atoms with E-state index in [0.717, 1.165) is 36.1 Å². The standard InChI is InChI=1S/C24H27N7O2S/c1-4-5-13-30-20-21(27-23(30)29-12-8-9-16(14-29)25-2)28(3)24(33)31(22(20)32)15-19-26-17-10-6-7-11-18(17)34-19/h6-7,10-11,16,25H,8-9,12-15H2,1-3H3. The molecule has 0 radical (unpaired) electrons. The van der Waals surface area contributed by atoms with Gasteiger partial charge in [0.1, 0.15) is 5.01 Å². The summed E-state index contributed by atoms with van der Waals surface area (Å²) in [4.78, 5) is 38.5. The van der Waals surface area contributed by atoms with Gasteiger partial charge >= 0.3 is 5.69 Å². The quantitative estimate of drug-likeness (QED) is 0.441. The smallest absolute Gasteiger partial charge is 0.332 e. The Morgan fingerprint density at radius 1 is 1.21 bits per heavy atom. The van der Waals surface area contributed by atoms with Gasteiger partial charge in [0.05, 0.1) is 23.3 Å². The van der Waals surface area contributed by atoms with Crippen molar-refractivity contribution < 1.29 is 0 Å². The fourth-order valence-electron chi connectivity index (χ4n) is 4.57. The molecule has 0 spiro atoms. The molecule has 1 aromatic carbocycles. The van der Waals surface area contributed by atoms with Crippen molar-refractivity contribution in [1.29, 1.82) is 0 Å². The van der Waals surface area contributed by atoms with Gasteiger partial charge in [-0.1, -0.05) is 18.1 Å². The maximum Gasteiger partial charge on any atom is 0.332 e. The van der Waals surface area contributed by atoms with Crippen molar-refractivity contribution in [1.82, 2.24) is 29.0 Å². The molecule has 1 unspecified atom stereocenters. The zero-order chi connectivity index (χ0) is 23.8. The van der Waals surface area contributed by atoms with Gasteiger partial charge in [-0.3, -0.25) is 18.5 Å². The lowest BCUT2D eigenvalue weighted by atomic mass is 10.1. The first-order valence-electron chi connectivity index (χ1n) is 11.4. The van der Waals surface area contributed by atoms with Crippen molar-refractivity contribution in [3.8, 4) is 11.8 Å². The summed E-state index contributed by atoms with van der Waals surface area (Å²) >= 11 is 1.49. The molecule has 1 aliphatic heterocycles. The third-order valence-corrected chi connectivity index (χ3v) is 7.39. The molecule has 0 aliphatic carbocycles. The lowest BCUT2D eigenvalue weighted by Gasteiger charge is -2.33. The Morgan fingerprint density at radius 3 is 2.79 bits per heavy atom. The third kappa shape index (κ3) is 3.81. The first-order chi connectivity index (χ1) is 16.5. The molecule has 176 valence electrons. The van der Waals surface area contributed by atoms with E-state index in [1.165, 1.54) is 20.5 Å². The molecule has 5 rings (SSSR count). The van der Waals surface area contributed by atoms with E-state index in [0.29, 0.717) is 34.7 Å². The number of aromatic nitrogens is 5. The molecule has 1 aliphatic rings. The Labute approximate surface area is 200 Å². The number of benzene rings is 1. The molecule has 1 N–H and O–H groups in total. The van der Waals surface area contributed by atoms with Crippen LogP contribution in [0.1, 0.15) is 24.8 Å². The van der Waals surface area contributed by atoms with E-state index in [1.807, 2.05) is 35.9 Å². The first-order valence-corrected chi connectivity index (χ1v) is 12.2. The molecule has 0 amide bonds. The maximum absolute atomic E-state index is 13.7. The zero-order valence-corrected chi connectivity index (χ0v) is 20.4. The molecular formula is C24H27N7O2S. The molecule has 9 nitrogen and oxygen atoms in total. The van der Waals surface area contributed by atoms with Gasteiger partial charge in [0.2, 0.25) is 5.95 Å². The minimum absolute atomic E-state index is 0.117. The van der Waals surface area contributed by atoms with Crippen LogP contribution in [-0.2, 0) is 20.1 Å². The number of piperidine rings is 1. The third-order valence-electron chi connectivity index (χ3n) is 6.37. The highest BCUT2D eigenvalue weighted by molar-refractivity contribution is 7.18. The second-order valence-electron chi connectivity index (χ2n) is 8.48. The van der Waals surface area contributed by atoms with E-state index in [2.05, 4.69) is 27.0 Å². The fraction of sp³-hybridized carbons (Fsp3) is 0.417. The number of nitrogens with one attached hydrogen (secondary N) is 1. The number of aryl methyl sites for hydroxylation is 1. The average Bonchev–Trinajstić information content (AvgIpc) is 3.45. The van der Waals surface area contributed by atoms with Crippen LogP contribution >= 0.6 is 11.3 Å². The Balaban J connectivity index is 1.67. The summed E-state index contributed by atoms with van der Waals surface area (Å²) in [5, 5.41) is 4.06. The van der Waals surface area contributed by atoms with Crippen LogP contribution in [0.2, 0.25) is 0 Å². The summed E-state index contributed by atoms with van der Waals surface area (Å²) in [6.07, 6.45) is 2.12. The highest BCUT2D eigenvalue weighted by Crippen LogP contribution is 2.24. The van der Waals surface area contributed by atoms with E-state index in [-0.39, 0.29) is 12.1 Å². The predicted molar refractivity (Wildman–Crippen MR) is 136 cm³/mol. The van der Waals surface area contributed by atoms with Crippen LogP contribution < -0.4 is 21.5 Å². The molecular weight excluding hydrogens is 450 g/mol. The molecule has 4 aromatic rings. The van der Waals surface area contributed by atoms with Crippen LogP contribution in [0.25, 0.3) is 21.4 Å². The average molecular weight is 478 g/mol. The van der Waals surface area contributed by atoms with Crippen LogP contribution in [-0.4, -0.2) is 49.8 Å². The van der Waals surface area contributed by atoms with Crippen molar-refractivity contribution in [2.24, 2.45) is 7.05 Å². The largest absolute Gasteiger partial charge is 0.341 e. The van der Waals surface area contributed by atoms with Crippen molar-refractivity contribution in [3.05, 3.63) is 50.1 Å². The Kier molecular flexibility index (Phi) is 5.98. The highest BCUT2D eigenvalue weighted by Gasteiger charge is 2.27.